The number of nitrogens with two attached hydrogens (primary N) is 2. The quantitative estimate of drug-likeness (QED) is 0.779. The van der Waals surface area contributed by atoms with Gasteiger partial charge in [-0.1, -0.05) is 0 Å². The van der Waals surface area contributed by atoms with Crippen molar-refractivity contribution in [3.05, 3.63) is 11.9 Å². The average molecular weight is 291 g/mol. The van der Waals surface area contributed by atoms with E-state index in [0.717, 1.165) is 6.07 Å². The van der Waals surface area contributed by atoms with E-state index < -0.39 is 23.9 Å². The van der Waals surface area contributed by atoms with Crippen LogP contribution in [0.15, 0.2) is 6.07 Å². The van der Waals surface area contributed by atoms with Crippen LogP contribution in [0.5, 0.6) is 0 Å². The number of hydrogen-bond acceptors (Lipinski definition) is 6. The van der Waals surface area contributed by atoms with Gasteiger partial charge < -0.3 is 21.1 Å². The molecule has 10 heteroatoms. The molecule has 2 rings (SSSR count). The molecule has 0 aliphatic carbocycles. The van der Waals surface area contributed by atoms with Crippen molar-refractivity contribution in [3.8, 4) is 0 Å². The lowest BCUT2D eigenvalue weighted by Gasteiger charge is -2.34. The fourth-order valence-electron chi connectivity index (χ4n) is 1.84. The Morgan fingerprint density at radius 3 is 2.75 bits per heavy atom. The molecule has 0 spiro atoms. The number of primary amides is 1. The third kappa shape index (κ3) is 2.90. The number of morpholine rings is 1. The van der Waals surface area contributed by atoms with Gasteiger partial charge in [0.05, 0.1) is 13.2 Å². The van der Waals surface area contributed by atoms with Crippen molar-refractivity contribution in [2.24, 2.45) is 5.73 Å². The lowest BCUT2D eigenvalue weighted by Crippen LogP contribution is -2.53. The first-order valence-electron chi connectivity index (χ1n) is 5.64. The van der Waals surface area contributed by atoms with Gasteiger partial charge in [0.15, 0.2) is 0 Å². The van der Waals surface area contributed by atoms with Gasteiger partial charge >= 0.3 is 6.18 Å². The topological polar surface area (TPSA) is 107 Å². The number of nitrogen functional groups attached to an aromatic ring is 1. The van der Waals surface area contributed by atoms with E-state index >= 15 is 0 Å². The molecule has 110 valence electrons. The molecule has 1 amide bonds. The molecule has 1 aliphatic heterocycles. The summed E-state index contributed by atoms with van der Waals surface area (Å²) in [6.45, 7) is 0.414. The third-order valence-electron chi connectivity index (χ3n) is 2.74. The van der Waals surface area contributed by atoms with Crippen LogP contribution < -0.4 is 16.4 Å². The van der Waals surface area contributed by atoms with Gasteiger partial charge in [0.1, 0.15) is 17.7 Å². The van der Waals surface area contributed by atoms with Crippen LogP contribution in [0.25, 0.3) is 0 Å². The van der Waals surface area contributed by atoms with Gasteiger partial charge in [-0.25, -0.2) is 9.97 Å². The lowest BCUT2D eigenvalue weighted by molar-refractivity contribution is -0.144. The standard InChI is InChI=1S/C10H12F3N5O2/c11-10(12,13)9-16-6(14)3-7(17-9)18-1-2-20-4-5(18)8(15)19/h3,5H,1-2,4H2,(H2,15,19)(H2,14,16,17). The Balaban J connectivity index is 2.40. The summed E-state index contributed by atoms with van der Waals surface area (Å²) in [5.41, 5.74) is 10.6. The molecule has 2 heterocycles. The van der Waals surface area contributed by atoms with Gasteiger partial charge in [-0.2, -0.15) is 13.2 Å². The highest BCUT2D eigenvalue weighted by Gasteiger charge is 2.37. The fraction of sp³-hybridized carbons (Fsp3) is 0.500. The van der Waals surface area contributed by atoms with Crippen molar-refractivity contribution < 1.29 is 22.7 Å². The molecule has 1 aromatic heterocycles. The zero-order chi connectivity index (χ0) is 14.9. The Bertz CT molecular complexity index is 522. The summed E-state index contributed by atoms with van der Waals surface area (Å²) in [7, 11) is 0. The number of ether oxygens (including phenoxy) is 1. The molecule has 0 radical (unpaired) electrons. The van der Waals surface area contributed by atoms with Gasteiger partial charge in [-0.15, -0.1) is 0 Å². The number of alkyl halides is 3. The second-order valence-electron chi connectivity index (χ2n) is 4.16. The van der Waals surface area contributed by atoms with E-state index in [1.54, 1.807) is 0 Å². The van der Waals surface area contributed by atoms with E-state index in [2.05, 4.69) is 9.97 Å². The number of anilines is 2. The summed E-state index contributed by atoms with van der Waals surface area (Å²) in [6, 6.07) is 0.274. The average Bonchev–Trinajstić information content (AvgIpc) is 2.37. The first-order valence-corrected chi connectivity index (χ1v) is 5.64. The predicted molar refractivity (Wildman–Crippen MR) is 62.6 cm³/mol. The maximum Gasteiger partial charge on any atom is 0.451 e. The fourth-order valence-corrected chi connectivity index (χ4v) is 1.84. The van der Waals surface area contributed by atoms with Crippen molar-refractivity contribution in [1.82, 2.24) is 9.97 Å². The molecule has 1 atom stereocenters. The molecule has 7 nitrogen and oxygen atoms in total. The number of carbonyl (C=O) groups excluding carboxylic acids is 1. The zero-order valence-electron chi connectivity index (χ0n) is 10.2. The van der Waals surface area contributed by atoms with Gasteiger partial charge in [-0.05, 0) is 0 Å². The molecular formula is C10H12F3N5O2. The maximum absolute atomic E-state index is 12.7. The summed E-state index contributed by atoms with van der Waals surface area (Å²) in [5.74, 6) is -2.51. The van der Waals surface area contributed by atoms with Gasteiger partial charge in [-0.3, -0.25) is 4.79 Å². The molecule has 1 aromatic rings. The third-order valence-corrected chi connectivity index (χ3v) is 2.74. The number of rotatable bonds is 2. The summed E-state index contributed by atoms with van der Waals surface area (Å²) in [4.78, 5) is 19.2. The smallest absolute Gasteiger partial charge is 0.384 e. The van der Waals surface area contributed by atoms with Crippen LogP contribution in [0.1, 0.15) is 5.82 Å². The molecule has 0 saturated carbocycles. The predicted octanol–water partition coefficient (Wildman–Crippen LogP) is -0.232. The normalized spacial score (nSPS) is 19.9. The molecule has 0 aromatic carbocycles. The highest BCUT2D eigenvalue weighted by Crippen LogP contribution is 2.29. The minimum atomic E-state index is -4.72. The monoisotopic (exact) mass is 291 g/mol. The number of nitrogens with zero attached hydrogens (tertiary/aromatic N) is 3. The second kappa shape index (κ2) is 5.12. The molecule has 0 bridgehead atoms. The number of amides is 1. The molecule has 4 N–H and O–H groups in total. The summed E-state index contributed by atoms with van der Waals surface area (Å²) in [5, 5.41) is 0. The molecule has 1 fully saturated rings. The first-order chi connectivity index (χ1) is 9.29. The van der Waals surface area contributed by atoms with Crippen LogP contribution in [0.4, 0.5) is 24.8 Å². The minimum absolute atomic E-state index is 0.0133. The Morgan fingerprint density at radius 1 is 1.45 bits per heavy atom. The van der Waals surface area contributed by atoms with Crippen LogP contribution in [0, 0.1) is 0 Å². The van der Waals surface area contributed by atoms with Gasteiger partial charge in [0.2, 0.25) is 11.7 Å². The van der Waals surface area contributed by atoms with E-state index in [1.807, 2.05) is 0 Å². The van der Waals surface area contributed by atoms with Crippen LogP contribution in [-0.2, 0) is 15.7 Å². The van der Waals surface area contributed by atoms with E-state index in [0.29, 0.717) is 0 Å². The molecule has 1 aliphatic rings. The Hall–Kier alpha value is -2.10. The second-order valence-corrected chi connectivity index (χ2v) is 4.16. The Kier molecular flexibility index (Phi) is 3.66. The van der Waals surface area contributed by atoms with Crippen LogP contribution in [0.2, 0.25) is 0 Å². The summed E-state index contributed by atoms with van der Waals surface area (Å²) < 4.78 is 43.0. The van der Waals surface area contributed by atoms with Crippen LogP contribution >= 0.6 is 0 Å². The molecule has 1 unspecified atom stereocenters. The lowest BCUT2D eigenvalue weighted by atomic mass is 10.2. The number of carbonyl (C=O) groups is 1. The SMILES string of the molecule is NC(=O)C1COCCN1c1cc(N)nc(C(F)(F)F)n1. The van der Waals surface area contributed by atoms with Crippen molar-refractivity contribution in [1.29, 1.82) is 0 Å². The largest absolute Gasteiger partial charge is 0.451 e. The molecule has 20 heavy (non-hydrogen) atoms. The summed E-state index contributed by atoms with van der Waals surface area (Å²) >= 11 is 0. The highest BCUT2D eigenvalue weighted by atomic mass is 19.4. The number of halogens is 3. The molecular weight excluding hydrogens is 279 g/mol. The summed E-state index contributed by atoms with van der Waals surface area (Å²) in [6.07, 6.45) is -4.72. The van der Waals surface area contributed by atoms with Crippen molar-refractivity contribution in [2.75, 3.05) is 30.4 Å². The maximum atomic E-state index is 12.7. The number of aromatic nitrogens is 2. The molecule has 1 saturated heterocycles. The van der Waals surface area contributed by atoms with Crippen molar-refractivity contribution >= 4 is 17.5 Å². The number of hydrogen-bond donors (Lipinski definition) is 2. The Labute approximate surface area is 111 Å². The zero-order valence-corrected chi connectivity index (χ0v) is 10.2. The van der Waals surface area contributed by atoms with Crippen LogP contribution in [-0.4, -0.2) is 41.7 Å². The van der Waals surface area contributed by atoms with E-state index in [9.17, 15) is 18.0 Å². The first kappa shape index (κ1) is 14.3. The van der Waals surface area contributed by atoms with E-state index in [4.69, 9.17) is 16.2 Å². The minimum Gasteiger partial charge on any atom is -0.384 e. The van der Waals surface area contributed by atoms with E-state index in [1.165, 1.54) is 4.90 Å². The Morgan fingerprint density at radius 2 is 2.15 bits per heavy atom. The van der Waals surface area contributed by atoms with E-state index in [-0.39, 0.29) is 31.4 Å². The highest BCUT2D eigenvalue weighted by molar-refractivity contribution is 5.83. The van der Waals surface area contributed by atoms with Crippen LogP contribution in [0.3, 0.4) is 0 Å². The van der Waals surface area contributed by atoms with Gasteiger partial charge in [0.25, 0.3) is 0 Å². The van der Waals surface area contributed by atoms with Crippen molar-refractivity contribution in [2.45, 2.75) is 12.2 Å². The van der Waals surface area contributed by atoms with Gasteiger partial charge in [0, 0.05) is 12.6 Å². The van der Waals surface area contributed by atoms with Crippen molar-refractivity contribution in [3.63, 3.8) is 0 Å².